The van der Waals surface area contributed by atoms with Crippen molar-refractivity contribution in [3.05, 3.63) is 52.5 Å². The number of methoxy groups -OCH3 is 1. The normalized spacial score (nSPS) is 13.5. The van der Waals surface area contributed by atoms with E-state index in [1.54, 1.807) is 0 Å². The van der Waals surface area contributed by atoms with Gasteiger partial charge in [-0.05, 0) is 43.3 Å². The Kier molecular flexibility index (Phi) is 7.37. The minimum atomic E-state index is -5.11. The van der Waals surface area contributed by atoms with Gasteiger partial charge in [-0.3, -0.25) is 4.79 Å². The van der Waals surface area contributed by atoms with Crippen LogP contribution in [0.3, 0.4) is 0 Å². The lowest BCUT2D eigenvalue weighted by molar-refractivity contribution is -0.143. The highest BCUT2D eigenvalue weighted by Gasteiger charge is 2.37. The topological polar surface area (TPSA) is 84.5 Å². The summed E-state index contributed by atoms with van der Waals surface area (Å²) in [6, 6.07) is 2.54. The van der Waals surface area contributed by atoms with Crippen molar-refractivity contribution in [1.82, 2.24) is 4.72 Å². The van der Waals surface area contributed by atoms with Crippen LogP contribution in [-0.4, -0.2) is 27.5 Å². The number of nitrogens with one attached hydrogen (secondary N) is 2. The Hall–Kier alpha value is -2.51. The summed E-state index contributed by atoms with van der Waals surface area (Å²) in [6.45, 7) is 1.04. The third-order valence-corrected chi connectivity index (χ3v) is 5.79. The van der Waals surface area contributed by atoms with E-state index in [1.165, 1.54) is 19.2 Å². The maximum Gasteiger partial charge on any atom is 0.416 e. The molecule has 0 heterocycles. The summed E-state index contributed by atoms with van der Waals surface area (Å²) in [5.74, 6) is -1.32. The first kappa shape index (κ1) is 25.7. The molecule has 0 aromatic heterocycles. The molecule has 0 saturated heterocycles. The van der Waals surface area contributed by atoms with Crippen molar-refractivity contribution in [3.63, 3.8) is 0 Å². The first-order chi connectivity index (χ1) is 14.5. The molecule has 0 aliphatic carbocycles. The number of anilines is 1. The Balaban J connectivity index is 2.30. The van der Waals surface area contributed by atoms with E-state index < -0.39 is 56.0 Å². The zero-order valence-electron chi connectivity index (χ0n) is 16.2. The Morgan fingerprint density at radius 1 is 1.00 bits per heavy atom. The average Bonchev–Trinajstić information content (AvgIpc) is 2.66. The van der Waals surface area contributed by atoms with Crippen molar-refractivity contribution in [2.24, 2.45) is 0 Å². The second kappa shape index (κ2) is 9.16. The molecule has 0 fully saturated rings. The molecule has 2 N–H and O–H groups in total. The second-order valence-corrected chi connectivity index (χ2v) is 8.54. The lowest BCUT2D eigenvalue weighted by Crippen LogP contribution is -2.41. The minimum Gasteiger partial charge on any atom is -0.495 e. The van der Waals surface area contributed by atoms with Crippen LogP contribution in [0.25, 0.3) is 0 Å². The van der Waals surface area contributed by atoms with Crippen LogP contribution in [-0.2, 0) is 27.2 Å². The monoisotopic (exact) mass is 504 g/mol. The highest BCUT2D eigenvalue weighted by molar-refractivity contribution is 7.89. The van der Waals surface area contributed by atoms with Crippen LogP contribution in [0.4, 0.5) is 32.0 Å². The summed E-state index contributed by atoms with van der Waals surface area (Å²) in [5.41, 5.74) is -4.09. The quantitative estimate of drug-likeness (QED) is 0.559. The van der Waals surface area contributed by atoms with Crippen LogP contribution in [0.5, 0.6) is 5.75 Å². The molecule has 14 heteroatoms. The fourth-order valence-electron chi connectivity index (χ4n) is 2.49. The fraction of sp³-hybridized carbons (Fsp3) is 0.278. The van der Waals surface area contributed by atoms with E-state index in [2.05, 4.69) is 0 Å². The van der Waals surface area contributed by atoms with Crippen molar-refractivity contribution in [2.45, 2.75) is 30.2 Å². The average molecular weight is 505 g/mol. The van der Waals surface area contributed by atoms with Gasteiger partial charge in [-0.15, -0.1) is 0 Å². The molecule has 0 spiro atoms. The standard InChI is InChI=1S/C18H15ClF6N2O4S/c1-9(27-32(29,30)15-8-12(19)3-4-14(15)31-2)16(28)26-13-6-10(17(20,21)22)5-11(7-13)18(23,24)25/h3-9,27H,1-2H3,(H,26,28)/t9-/m0/s1. The lowest BCUT2D eigenvalue weighted by atomic mass is 10.1. The van der Waals surface area contributed by atoms with Crippen LogP contribution >= 0.6 is 11.6 Å². The van der Waals surface area contributed by atoms with Crippen LogP contribution in [0.2, 0.25) is 5.02 Å². The highest BCUT2D eigenvalue weighted by atomic mass is 35.5. The Morgan fingerprint density at radius 3 is 2.00 bits per heavy atom. The molecule has 2 aromatic carbocycles. The zero-order valence-corrected chi connectivity index (χ0v) is 17.8. The predicted octanol–water partition coefficient (Wildman–Crippen LogP) is 4.69. The van der Waals surface area contributed by atoms with E-state index in [-0.39, 0.29) is 16.8 Å². The minimum absolute atomic E-state index is 0.0342. The molecule has 1 atom stereocenters. The smallest absolute Gasteiger partial charge is 0.416 e. The first-order valence-electron chi connectivity index (χ1n) is 8.51. The summed E-state index contributed by atoms with van der Waals surface area (Å²) in [4.78, 5) is 11.9. The molecule has 2 aromatic rings. The van der Waals surface area contributed by atoms with Crippen LogP contribution in [0.1, 0.15) is 18.1 Å². The molecule has 1 amide bonds. The van der Waals surface area contributed by atoms with Gasteiger partial charge in [-0.2, -0.15) is 31.1 Å². The van der Waals surface area contributed by atoms with Crippen molar-refractivity contribution in [1.29, 1.82) is 0 Å². The summed E-state index contributed by atoms with van der Waals surface area (Å²) in [6.07, 6.45) is -10.2. The zero-order chi connectivity index (χ0) is 24.5. The van der Waals surface area contributed by atoms with Crippen LogP contribution < -0.4 is 14.8 Å². The highest BCUT2D eigenvalue weighted by Crippen LogP contribution is 2.37. The van der Waals surface area contributed by atoms with Gasteiger partial charge in [0.05, 0.1) is 24.3 Å². The van der Waals surface area contributed by atoms with E-state index in [4.69, 9.17) is 16.3 Å². The molecule has 2 rings (SSSR count). The molecule has 0 bridgehead atoms. The molecule has 176 valence electrons. The largest absolute Gasteiger partial charge is 0.495 e. The molecule has 0 radical (unpaired) electrons. The molecule has 0 unspecified atom stereocenters. The van der Waals surface area contributed by atoms with Gasteiger partial charge in [0.1, 0.15) is 10.6 Å². The third kappa shape index (κ3) is 6.26. The van der Waals surface area contributed by atoms with Crippen molar-refractivity contribution >= 4 is 33.2 Å². The number of ether oxygens (including phenoxy) is 1. The summed E-state index contributed by atoms with van der Waals surface area (Å²) < 4.78 is 110. The van der Waals surface area contributed by atoms with Gasteiger partial charge < -0.3 is 10.1 Å². The number of sulfonamides is 1. The molecule has 6 nitrogen and oxygen atoms in total. The molecular weight excluding hydrogens is 490 g/mol. The van der Waals surface area contributed by atoms with Crippen molar-refractivity contribution in [3.8, 4) is 5.75 Å². The number of rotatable bonds is 6. The summed E-state index contributed by atoms with van der Waals surface area (Å²) in [7, 11) is -3.22. The Morgan fingerprint density at radius 2 is 1.53 bits per heavy atom. The number of hydrogen-bond acceptors (Lipinski definition) is 4. The fourth-order valence-corrected chi connectivity index (χ4v) is 4.12. The predicted molar refractivity (Wildman–Crippen MR) is 103 cm³/mol. The number of alkyl halides is 6. The van der Waals surface area contributed by atoms with Crippen LogP contribution in [0.15, 0.2) is 41.3 Å². The Bertz CT molecular complexity index is 1090. The summed E-state index contributed by atoms with van der Waals surface area (Å²) in [5, 5.41) is 1.89. The number of carbonyl (C=O) groups is 1. The molecule has 0 aliphatic rings. The van der Waals surface area contributed by atoms with Gasteiger partial charge in [0, 0.05) is 10.7 Å². The van der Waals surface area contributed by atoms with Gasteiger partial charge in [-0.1, -0.05) is 11.6 Å². The van der Waals surface area contributed by atoms with E-state index in [1.807, 2.05) is 10.0 Å². The molecule has 0 saturated carbocycles. The van der Waals surface area contributed by atoms with Gasteiger partial charge in [-0.25, -0.2) is 8.42 Å². The molecular formula is C18H15ClF6N2O4S. The SMILES string of the molecule is COc1ccc(Cl)cc1S(=O)(=O)N[C@@H](C)C(=O)Nc1cc(C(F)(F)F)cc(C(F)(F)F)c1. The first-order valence-corrected chi connectivity index (χ1v) is 10.4. The van der Waals surface area contributed by atoms with Gasteiger partial charge >= 0.3 is 12.4 Å². The van der Waals surface area contributed by atoms with E-state index in [0.29, 0.717) is 12.1 Å². The number of hydrogen-bond donors (Lipinski definition) is 2. The van der Waals surface area contributed by atoms with Gasteiger partial charge in [0.2, 0.25) is 15.9 Å². The number of amides is 1. The third-order valence-electron chi connectivity index (χ3n) is 4.00. The van der Waals surface area contributed by atoms with Crippen molar-refractivity contribution < 1.29 is 44.3 Å². The number of benzene rings is 2. The maximum absolute atomic E-state index is 13.0. The second-order valence-electron chi connectivity index (χ2n) is 6.42. The van der Waals surface area contributed by atoms with Gasteiger partial charge in [0.25, 0.3) is 0 Å². The molecule has 0 aliphatic heterocycles. The summed E-state index contributed by atoms with van der Waals surface area (Å²) >= 11 is 5.78. The Labute approximate surface area is 183 Å². The molecule has 32 heavy (non-hydrogen) atoms. The van der Waals surface area contributed by atoms with Gasteiger partial charge in [0.15, 0.2) is 0 Å². The number of halogens is 7. The number of carbonyl (C=O) groups excluding carboxylic acids is 1. The van der Waals surface area contributed by atoms with E-state index in [9.17, 15) is 39.6 Å². The van der Waals surface area contributed by atoms with Crippen LogP contribution in [0, 0.1) is 0 Å². The maximum atomic E-state index is 13.0. The van der Waals surface area contributed by atoms with E-state index in [0.717, 1.165) is 13.0 Å². The van der Waals surface area contributed by atoms with Crippen molar-refractivity contribution in [2.75, 3.05) is 12.4 Å². The van der Waals surface area contributed by atoms with E-state index >= 15 is 0 Å². The lowest BCUT2D eigenvalue weighted by Gasteiger charge is -2.18.